The van der Waals surface area contributed by atoms with Gasteiger partial charge in [-0.15, -0.1) is 0 Å². The molecular weight excluding hydrogens is 226 g/mol. The van der Waals surface area contributed by atoms with E-state index in [1.165, 1.54) is 6.42 Å². The van der Waals surface area contributed by atoms with Crippen molar-refractivity contribution >= 4 is 5.97 Å². The highest BCUT2D eigenvalue weighted by Gasteiger charge is 2.27. The highest BCUT2D eigenvalue weighted by molar-refractivity contribution is 5.72. The van der Waals surface area contributed by atoms with E-state index in [0.29, 0.717) is 12.5 Å². The van der Waals surface area contributed by atoms with Crippen LogP contribution in [-0.4, -0.2) is 37.1 Å². The molecule has 1 heterocycles. The van der Waals surface area contributed by atoms with Crippen LogP contribution in [0.15, 0.2) is 0 Å². The van der Waals surface area contributed by atoms with Gasteiger partial charge < -0.3 is 9.64 Å². The van der Waals surface area contributed by atoms with E-state index < -0.39 is 0 Å². The number of hydrogen-bond acceptors (Lipinski definition) is 3. The quantitative estimate of drug-likeness (QED) is 0.683. The van der Waals surface area contributed by atoms with Gasteiger partial charge in [-0.1, -0.05) is 20.8 Å². The number of hydrogen-bond donors (Lipinski definition) is 0. The maximum absolute atomic E-state index is 11.8. The molecule has 1 rings (SSSR count). The van der Waals surface area contributed by atoms with E-state index in [1.54, 1.807) is 0 Å². The largest absolute Gasteiger partial charge is 0.466 e. The van der Waals surface area contributed by atoms with Gasteiger partial charge in [0, 0.05) is 13.1 Å². The maximum Gasteiger partial charge on any atom is 0.310 e. The molecule has 0 aromatic rings. The first-order chi connectivity index (χ1) is 8.52. The number of carbonyl (C=O) groups is 1. The van der Waals surface area contributed by atoms with Crippen molar-refractivity contribution in [1.29, 1.82) is 0 Å². The van der Waals surface area contributed by atoms with Crippen molar-refractivity contribution in [2.24, 2.45) is 17.8 Å². The summed E-state index contributed by atoms with van der Waals surface area (Å²) in [4.78, 5) is 14.2. The number of piperidine rings is 1. The molecule has 1 fully saturated rings. The third kappa shape index (κ3) is 5.38. The van der Waals surface area contributed by atoms with Crippen LogP contribution in [0.3, 0.4) is 0 Å². The first-order valence-corrected chi connectivity index (χ1v) is 7.41. The van der Waals surface area contributed by atoms with Crippen LogP contribution < -0.4 is 0 Å². The summed E-state index contributed by atoms with van der Waals surface area (Å²) in [5.74, 6) is 1.57. The van der Waals surface area contributed by atoms with Crippen LogP contribution in [0, 0.1) is 17.8 Å². The molecule has 0 aliphatic carbocycles. The van der Waals surface area contributed by atoms with Crippen molar-refractivity contribution in [3.05, 3.63) is 0 Å². The van der Waals surface area contributed by atoms with Gasteiger partial charge in [-0.3, -0.25) is 4.79 Å². The number of ether oxygens (including phenoxy) is 1. The smallest absolute Gasteiger partial charge is 0.310 e. The average Bonchev–Trinajstić information content (AvgIpc) is 2.28. The van der Waals surface area contributed by atoms with Gasteiger partial charge in [-0.05, 0) is 44.6 Å². The van der Waals surface area contributed by atoms with Crippen molar-refractivity contribution < 1.29 is 9.53 Å². The Bertz CT molecular complexity index is 253. The second-order valence-electron chi connectivity index (χ2n) is 6.09. The molecule has 18 heavy (non-hydrogen) atoms. The zero-order valence-electron chi connectivity index (χ0n) is 12.4. The van der Waals surface area contributed by atoms with Gasteiger partial charge >= 0.3 is 5.97 Å². The first-order valence-electron chi connectivity index (χ1n) is 7.41. The minimum atomic E-state index is -0.00119. The van der Waals surface area contributed by atoms with E-state index in [-0.39, 0.29) is 11.9 Å². The Hall–Kier alpha value is -0.570. The van der Waals surface area contributed by atoms with Gasteiger partial charge in [0.15, 0.2) is 0 Å². The topological polar surface area (TPSA) is 29.5 Å². The summed E-state index contributed by atoms with van der Waals surface area (Å²) in [5.41, 5.74) is 0. The Morgan fingerprint density at radius 3 is 2.72 bits per heavy atom. The Morgan fingerprint density at radius 1 is 1.39 bits per heavy atom. The van der Waals surface area contributed by atoms with Crippen LogP contribution in [0.4, 0.5) is 0 Å². The Balaban J connectivity index is 2.36. The Labute approximate surface area is 112 Å². The number of carbonyl (C=O) groups excluding carboxylic acids is 1. The summed E-state index contributed by atoms with van der Waals surface area (Å²) < 4.78 is 5.13. The fourth-order valence-corrected chi connectivity index (χ4v) is 2.99. The molecule has 2 atom stereocenters. The van der Waals surface area contributed by atoms with E-state index in [9.17, 15) is 4.79 Å². The van der Waals surface area contributed by atoms with Crippen LogP contribution in [0.1, 0.15) is 47.0 Å². The lowest BCUT2D eigenvalue weighted by molar-refractivity contribution is -0.150. The summed E-state index contributed by atoms with van der Waals surface area (Å²) in [6.45, 7) is 12.4. The lowest BCUT2D eigenvalue weighted by Gasteiger charge is -2.33. The molecule has 1 saturated heterocycles. The van der Waals surface area contributed by atoms with E-state index in [4.69, 9.17) is 4.74 Å². The van der Waals surface area contributed by atoms with Gasteiger partial charge in [0.25, 0.3) is 0 Å². The molecule has 1 aliphatic heterocycles. The SMILES string of the molecule is CCOC(=O)[C@H]1CCCN(C[C@H](C)CC(C)C)C1. The minimum absolute atomic E-state index is 0.00119. The molecule has 0 N–H and O–H groups in total. The summed E-state index contributed by atoms with van der Waals surface area (Å²) in [5, 5.41) is 0. The Morgan fingerprint density at radius 2 is 2.11 bits per heavy atom. The molecule has 1 aliphatic rings. The third-order valence-electron chi connectivity index (χ3n) is 3.57. The van der Waals surface area contributed by atoms with E-state index >= 15 is 0 Å². The lowest BCUT2D eigenvalue weighted by atomic mass is 9.94. The number of rotatable bonds is 6. The molecule has 0 bridgehead atoms. The second-order valence-corrected chi connectivity index (χ2v) is 6.09. The van der Waals surface area contributed by atoms with Crippen molar-refractivity contribution in [3.63, 3.8) is 0 Å². The molecule has 0 amide bonds. The minimum Gasteiger partial charge on any atom is -0.466 e. The van der Waals surface area contributed by atoms with Crippen LogP contribution in [-0.2, 0) is 9.53 Å². The molecular formula is C15H29NO2. The van der Waals surface area contributed by atoms with Crippen molar-refractivity contribution in [3.8, 4) is 0 Å². The standard InChI is InChI=1S/C15H29NO2/c1-5-18-15(17)14-7-6-8-16(11-14)10-13(4)9-12(2)3/h12-14H,5-11H2,1-4H3/t13-,14+/m1/s1. The number of nitrogens with zero attached hydrogens (tertiary/aromatic N) is 1. The molecule has 3 nitrogen and oxygen atoms in total. The fourth-order valence-electron chi connectivity index (χ4n) is 2.99. The Kier molecular flexibility index (Phi) is 6.69. The summed E-state index contributed by atoms with van der Waals surface area (Å²) in [7, 11) is 0. The van der Waals surface area contributed by atoms with Crippen LogP contribution in [0.2, 0.25) is 0 Å². The van der Waals surface area contributed by atoms with Crippen molar-refractivity contribution in [2.75, 3.05) is 26.2 Å². The maximum atomic E-state index is 11.8. The number of esters is 1. The second kappa shape index (κ2) is 7.78. The molecule has 0 spiro atoms. The fraction of sp³-hybridized carbons (Fsp3) is 0.933. The highest BCUT2D eigenvalue weighted by Crippen LogP contribution is 2.20. The lowest BCUT2D eigenvalue weighted by Crippen LogP contribution is -2.41. The van der Waals surface area contributed by atoms with Gasteiger partial charge in [0.2, 0.25) is 0 Å². The van der Waals surface area contributed by atoms with Gasteiger partial charge in [-0.25, -0.2) is 0 Å². The summed E-state index contributed by atoms with van der Waals surface area (Å²) in [6, 6.07) is 0. The first kappa shape index (κ1) is 15.5. The van der Waals surface area contributed by atoms with E-state index in [1.807, 2.05) is 6.92 Å². The molecule has 0 aromatic carbocycles. The van der Waals surface area contributed by atoms with E-state index in [0.717, 1.165) is 38.4 Å². The predicted octanol–water partition coefficient (Wildman–Crippen LogP) is 2.94. The van der Waals surface area contributed by atoms with Gasteiger partial charge in [0.1, 0.15) is 0 Å². The zero-order valence-corrected chi connectivity index (χ0v) is 12.4. The summed E-state index contributed by atoms with van der Waals surface area (Å²) >= 11 is 0. The van der Waals surface area contributed by atoms with Crippen LogP contribution in [0.25, 0.3) is 0 Å². The monoisotopic (exact) mass is 255 g/mol. The van der Waals surface area contributed by atoms with E-state index in [2.05, 4.69) is 25.7 Å². The van der Waals surface area contributed by atoms with Crippen molar-refractivity contribution in [2.45, 2.75) is 47.0 Å². The molecule has 0 unspecified atom stereocenters. The molecule has 0 saturated carbocycles. The average molecular weight is 255 g/mol. The van der Waals surface area contributed by atoms with Crippen LogP contribution in [0.5, 0.6) is 0 Å². The van der Waals surface area contributed by atoms with Gasteiger partial charge in [-0.2, -0.15) is 0 Å². The highest BCUT2D eigenvalue weighted by atomic mass is 16.5. The molecule has 106 valence electrons. The van der Waals surface area contributed by atoms with Crippen LogP contribution >= 0.6 is 0 Å². The molecule has 3 heteroatoms. The predicted molar refractivity (Wildman–Crippen MR) is 74.4 cm³/mol. The van der Waals surface area contributed by atoms with Gasteiger partial charge in [0.05, 0.1) is 12.5 Å². The third-order valence-corrected chi connectivity index (χ3v) is 3.57. The normalized spacial score (nSPS) is 23.1. The molecule has 0 aromatic heterocycles. The number of likely N-dealkylation sites (tertiary alicyclic amines) is 1. The zero-order chi connectivity index (χ0) is 13.5. The summed E-state index contributed by atoms with van der Waals surface area (Å²) in [6.07, 6.45) is 3.38. The van der Waals surface area contributed by atoms with Crippen molar-refractivity contribution in [1.82, 2.24) is 4.90 Å². The molecule has 0 radical (unpaired) electrons.